The first-order valence-corrected chi connectivity index (χ1v) is 5.67. The van der Waals surface area contributed by atoms with Crippen LogP contribution in [0.15, 0.2) is 24.8 Å². The third-order valence-corrected chi connectivity index (χ3v) is 2.60. The first-order valence-electron chi connectivity index (χ1n) is 5.67. The molecule has 0 saturated heterocycles. The zero-order valence-corrected chi connectivity index (χ0v) is 9.19. The summed E-state index contributed by atoms with van der Waals surface area (Å²) in [6.45, 7) is 2.23. The van der Waals surface area contributed by atoms with Crippen LogP contribution in [0.1, 0.15) is 38.3 Å². The highest BCUT2D eigenvalue weighted by molar-refractivity contribution is 5.36. The highest BCUT2D eigenvalue weighted by Gasteiger charge is 2.00. The minimum atomic E-state index is 0.947. The quantitative estimate of drug-likeness (QED) is 0.699. The van der Waals surface area contributed by atoms with Gasteiger partial charge in [-0.25, -0.2) is 4.98 Å². The normalized spacial score (nSPS) is 11.0. The SMILES string of the molecule is CCCCCCc1cn2ccncc2n1. The van der Waals surface area contributed by atoms with Crippen LogP contribution in [0.2, 0.25) is 0 Å². The van der Waals surface area contributed by atoms with Gasteiger partial charge in [0.1, 0.15) is 0 Å². The standard InChI is InChI=1S/C12H17N3/c1-2-3-4-5-6-11-10-15-8-7-13-9-12(15)14-11/h7-10H,2-6H2,1H3. The first-order chi connectivity index (χ1) is 7.40. The van der Waals surface area contributed by atoms with Crippen LogP contribution in [0, 0.1) is 0 Å². The first kappa shape index (κ1) is 10.1. The van der Waals surface area contributed by atoms with E-state index in [1.54, 1.807) is 12.4 Å². The summed E-state index contributed by atoms with van der Waals surface area (Å²) in [6.07, 6.45) is 13.9. The van der Waals surface area contributed by atoms with Crippen LogP contribution in [0.3, 0.4) is 0 Å². The number of hydrogen-bond acceptors (Lipinski definition) is 2. The molecule has 0 fully saturated rings. The number of aromatic nitrogens is 3. The van der Waals surface area contributed by atoms with Crippen LogP contribution in [0.5, 0.6) is 0 Å². The molecule has 2 heterocycles. The molecule has 0 radical (unpaired) electrons. The molecular formula is C12H17N3. The lowest BCUT2D eigenvalue weighted by Gasteiger charge is -1.95. The van der Waals surface area contributed by atoms with E-state index in [1.807, 2.05) is 10.6 Å². The summed E-state index contributed by atoms with van der Waals surface area (Å²) in [5, 5.41) is 0. The maximum Gasteiger partial charge on any atom is 0.155 e. The fourth-order valence-electron chi connectivity index (χ4n) is 1.75. The lowest BCUT2D eigenvalue weighted by atomic mass is 10.1. The van der Waals surface area contributed by atoms with Crippen molar-refractivity contribution in [2.75, 3.05) is 0 Å². The van der Waals surface area contributed by atoms with E-state index in [1.165, 1.54) is 31.4 Å². The van der Waals surface area contributed by atoms with Gasteiger partial charge in [0, 0.05) is 18.6 Å². The van der Waals surface area contributed by atoms with Crippen LogP contribution in [-0.2, 0) is 6.42 Å². The predicted molar refractivity (Wildman–Crippen MR) is 60.8 cm³/mol. The van der Waals surface area contributed by atoms with E-state index in [4.69, 9.17) is 0 Å². The molecule has 0 saturated carbocycles. The molecule has 0 amide bonds. The monoisotopic (exact) mass is 203 g/mol. The van der Waals surface area contributed by atoms with Crippen molar-refractivity contribution < 1.29 is 0 Å². The van der Waals surface area contributed by atoms with Crippen LogP contribution in [0.25, 0.3) is 5.65 Å². The zero-order chi connectivity index (χ0) is 10.5. The molecule has 3 heteroatoms. The Kier molecular flexibility index (Phi) is 3.33. The summed E-state index contributed by atoms with van der Waals surface area (Å²) in [7, 11) is 0. The number of fused-ring (bicyclic) bond motifs is 1. The van der Waals surface area contributed by atoms with Gasteiger partial charge in [0.25, 0.3) is 0 Å². The highest BCUT2D eigenvalue weighted by Crippen LogP contribution is 2.08. The second-order valence-electron chi connectivity index (χ2n) is 3.88. The average Bonchev–Trinajstić information content (AvgIpc) is 2.67. The van der Waals surface area contributed by atoms with Gasteiger partial charge < -0.3 is 4.40 Å². The van der Waals surface area contributed by atoms with E-state index in [-0.39, 0.29) is 0 Å². The van der Waals surface area contributed by atoms with Gasteiger partial charge in [-0.05, 0) is 12.8 Å². The third kappa shape index (κ3) is 2.55. The number of rotatable bonds is 5. The minimum Gasteiger partial charge on any atom is -0.304 e. The maximum absolute atomic E-state index is 4.51. The lowest BCUT2D eigenvalue weighted by molar-refractivity contribution is 0.662. The van der Waals surface area contributed by atoms with Gasteiger partial charge in [-0.15, -0.1) is 0 Å². The fraction of sp³-hybridized carbons (Fsp3) is 0.500. The predicted octanol–water partition coefficient (Wildman–Crippen LogP) is 2.85. The summed E-state index contributed by atoms with van der Waals surface area (Å²) in [6, 6.07) is 0. The van der Waals surface area contributed by atoms with Gasteiger partial charge in [-0.3, -0.25) is 4.98 Å². The zero-order valence-electron chi connectivity index (χ0n) is 9.19. The molecule has 0 unspecified atom stereocenters. The fourth-order valence-corrected chi connectivity index (χ4v) is 1.75. The number of nitrogens with zero attached hydrogens (tertiary/aromatic N) is 3. The van der Waals surface area contributed by atoms with Crippen molar-refractivity contribution in [2.45, 2.75) is 39.0 Å². The van der Waals surface area contributed by atoms with E-state index in [2.05, 4.69) is 23.1 Å². The second kappa shape index (κ2) is 4.91. The Labute approximate surface area is 90.2 Å². The molecule has 2 aromatic rings. The lowest BCUT2D eigenvalue weighted by Crippen LogP contribution is -1.85. The van der Waals surface area contributed by atoms with Gasteiger partial charge in [0.05, 0.1) is 11.9 Å². The van der Waals surface area contributed by atoms with Crippen molar-refractivity contribution in [3.8, 4) is 0 Å². The minimum absolute atomic E-state index is 0.947. The Balaban J connectivity index is 1.97. The Morgan fingerprint density at radius 3 is 3.00 bits per heavy atom. The number of aryl methyl sites for hydroxylation is 1. The van der Waals surface area contributed by atoms with Gasteiger partial charge in [-0.1, -0.05) is 26.2 Å². The molecule has 3 nitrogen and oxygen atoms in total. The van der Waals surface area contributed by atoms with E-state index in [0.29, 0.717) is 0 Å². The molecule has 2 aromatic heterocycles. The van der Waals surface area contributed by atoms with Crippen molar-refractivity contribution in [3.63, 3.8) is 0 Å². The molecule has 0 aliphatic rings. The van der Waals surface area contributed by atoms with Crippen LogP contribution < -0.4 is 0 Å². The van der Waals surface area contributed by atoms with Crippen molar-refractivity contribution >= 4 is 5.65 Å². The number of imidazole rings is 1. The summed E-state index contributed by atoms with van der Waals surface area (Å²) in [4.78, 5) is 8.56. The van der Waals surface area contributed by atoms with E-state index >= 15 is 0 Å². The summed E-state index contributed by atoms with van der Waals surface area (Å²) < 4.78 is 2.03. The highest BCUT2D eigenvalue weighted by atomic mass is 15.0. The van der Waals surface area contributed by atoms with Crippen LogP contribution in [0.4, 0.5) is 0 Å². The molecule has 0 bridgehead atoms. The summed E-state index contributed by atoms with van der Waals surface area (Å²) in [5.41, 5.74) is 2.13. The summed E-state index contributed by atoms with van der Waals surface area (Å²) in [5.74, 6) is 0. The van der Waals surface area contributed by atoms with Gasteiger partial charge in [0.15, 0.2) is 5.65 Å². The Morgan fingerprint density at radius 2 is 2.20 bits per heavy atom. The number of unbranched alkanes of at least 4 members (excludes halogenated alkanes) is 3. The molecule has 15 heavy (non-hydrogen) atoms. The molecule has 0 spiro atoms. The van der Waals surface area contributed by atoms with Gasteiger partial charge in [-0.2, -0.15) is 0 Å². The Morgan fingerprint density at radius 1 is 1.27 bits per heavy atom. The molecule has 0 N–H and O–H groups in total. The van der Waals surface area contributed by atoms with Gasteiger partial charge in [0.2, 0.25) is 0 Å². The molecule has 0 aliphatic carbocycles. The van der Waals surface area contributed by atoms with E-state index in [0.717, 1.165) is 12.1 Å². The molecular weight excluding hydrogens is 186 g/mol. The van der Waals surface area contributed by atoms with Crippen LogP contribution in [-0.4, -0.2) is 14.4 Å². The smallest absolute Gasteiger partial charge is 0.155 e. The number of hydrogen-bond donors (Lipinski definition) is 0. The van der Waals surface area contributed by atoms with Crippen LogP contribution >= 0.6 is 0 Å². The van der Waals surface area contributed by atoms with Crippen molar-refractivity contribution in [3.05, 3.63) is 30.5 Å². The second-order valence-corrected chi connectivity index (χ2v) is 3.88. The average molecular weight is 203 g/mol. The van der Waals surface area contributed by atoms with E-state index < -0.39 is 0 Å². The van der Waals surface area contributed by atoms with Crippen molar-refractivity contribution in [2.24, 2.45) is 0 Å². The topological polar surface area (TPSA) is 30.2 Å². The molecule has 0 aromatic carbocycles. The van der Waals surface area contributed by atoms with Gasteiger partial charge >= 0.3 is 0 Å². The molecule has 2 rings (SSSR count). The Bertz CT molecular complexity index is 386. The maximum atomic E-state index is 4.51. The third-order valence-electron chi connectivity index (χ3n) is 2.60. The molecule has 80 valence electrons. The largest absolute Gasteiger partial charge is 0.304 e. The van der Waals surface area contributed by atoms with Crippen molar-refractivity contribution in [1.82, 2.24) is 14.4 Å². The van der Waals surface area contributed by atoms with Crippen molar-refractivity contribution in [1.29, 1.82) is 0 Å². The summed E-state index contributed by atoms with van der Waals surface area (Å²) >= 11 is 0. The Hall–Kier alpha value is -1.38. The molecule has 0 atom stereocenters. The van der Waals surface area contributed by atoms with E-state index in [9.17, 15) is 0 Å². The molecule has 0 aliphatic heterocycles.